The number of benzene rings is 2. The van der Waals surface area contributed by atoms with Crippen LogP contribution in [0.2, 0.25) is 0 Å². The second-order valence-electron chi connectivity index (χ2n) is 8.14. The molecule has 4 aromatic rings. The second kappa shape index (κ2) is 8.83. The van der Waals surface area contributed by atoms with Crippen LogP contribution in [0.25, 0.3) is 10.9 Å². The van der Waals surface area contributed by atoms with Crippen molar-refractivity contribution in [2.24, 2.45) is 0 Å². The fourth-order valence-corrected chi connectivity index (χ4v) is 4.29. The van der Waals surface area contributed by atoms with Crippen LogP contribution in [0.3, 0.4) is 0 Å². The molecular formula is C26H24FN3O2. The van der Waals surface area contributed by atoms with E-state index in [0.717, 1.165) is 47.8 Å². The van der Waals surface area contributed by atoms with Crippen molar-refractivity contribution in [3.8, 4) is 0 Å². The third-order valence-electron chi connectivity index (χ3n) is 5.96. The van der Waals surface area contributed by atoms with Crippen molar-refractivity contribution >= 4 is 28.4 Å². The van der Waals surface area contributed by atoms with E-state index in [4.69, 9.17) is 4.74 Å². The first-order chi connectivity index (χ1) is 15.7. The molecule has 5 rings (SSSR count). The van der Waals surface area contributed by atoms with Crippen LogP contribution in [0.1, 0.15) is 31.2 Å². The minimum Gasteiger partial charge on any atom is -0.446 e. The van der Waals surface area contributed by atoms with Crippen LogP contribution in [0.5, 0.6) is 0 Å². The first-order valence-corrected chi connectivity index (χ1v) is 10.9. The molecule has 0 N–H and O–H groups in total. The molecular weight excluding hydrogens is 405 g/mol. The molecule has 162 valence electrons. The molecule has 0 unspecified atom stereocenters. The zero-order chi connectivity index (χ0) is 21.9. The molecule has 2 aromatic carbocycles. The van der Waals surface area contributed by atoms with Crippen LogP contribution >= 0.6 is 0 Å². The van der Waals surface area contributed by atoms with Gasteiger partial charge in [0.25, 0.3) is 0 Å². The van der Waals surface area contributed by atoms with Crippen LogP contribution in [-0.4, -0.2) is 21.7 Å². The number of carbonyl (C=O) groups excluding carboxylic acids is 1. The van der Waals surface area contributed by atoms with E-state index in [2.05, 4.69) is 9.55 Å². The molecule has 2 heterocycles. The SMILES string of the molecule is O=C(OC1CCCC1)N(c1ccncc1)c1ccc2ccn(Cc3ccc(F)cc3)c2c1. The fourth-order valence-electron chi connectivity index (χ4n) is 4.29. The summed E-state index contributed by atoms with van der Waals surface area (Å²) in [6, 6.07) is 18.1. The van der Waals surface area contributed by atoms with Gasteiger partial charge in [0.1, 0.15) is 11.9 Å². The topological polar surface area (TPSA) is 47.4 Å². The number of pyridine rings is 1. The standard InChI is InChI=1S/C26H24FN3O2/c27-21-8-5-19(6-9-21)18-29-16-13-20-7-10-23(17-25(20)29)30(22-11-14-28-15-12-22)26(31)32-24-3-1-2-4-24/h5-17,24H,1-4,18H2. The molecule has 1 amide bonds. The first-order valence-electron chi connectivity index (χ1n) is 10.9. The second-order valence-corrected chi connectivity index (χ2v) is 8.14. The summed E-state index contributed by atoms with van der Waals surface area (Å²) in [6.07, 6.45) is 8.95. The van der Waals surface area contributed by atoms with Gasteiger partial charge in [0.15, 0.2) is 0 Å². The van der Waals surface area contributed by atoms with Crippen LogP contribution < -0.4 is 4.90 Å². The highest BCUT2D eigenvalue weighted by Crippen LogP contribution is 2.31. The Morgan fingerprint density at radius 3 is 2.50 bits per heavy atom. The van der Waals surface area contributed by atoms with E-state index >= 15 is 0 Å². The summed E-state index contributed by atoms with van der Waals surface area (Å²) in [4.78, 5) is 18.9. The predicted octanol–water partition coefficient (Wildman–Crippen LogP) is 6.44. The van der Waals surface area contributed by atoms with E-state index in [1.165, 1.54) is 12.1 Å². The van der Waals surface area contributed by atoms with Crippen molar-refractivity contribution < 1.29 is 13.9 Å². The molecule has 1 aliphatic carbocycles. The smallest absolute Gasteiger partial charge is 0.419 e. The molecule has 0 aliphatic heterocycles. The monoisotopic (exact) mass is 429 g/mol. The Balaban J connectivity index is 1.50. The highest BCUT2D eigenvalue weighted by atomic mass is 19.1. The van der Waals surface area contributed by atoms with Crippen molar-refractivity contribution in [3.63, 3.8) is 0 Å². The van der Waals surface area contributed by atoms with Crippen molar-refractivity contribution in [3.05, 3.63) is 90.6 Å². The largest absolute Gasteiger partial charge is 0.446 e. The van der Waals surface area contributed by atoms with Crippen LogP contribution in [0, 0.1) is 5.82 Å². The molecule has 0 atom stereocenters. The summed E-state index contributed by atoms with van der Waals surface area (Å²) in [5.74, 6) is -0.248. The van der Waals surface area contributed by atoms with Gasteiger partial charge in [-0.2, -0.15) is 0 Å². The Labute approximate surface area is 186 Å². The number of ether oxygens (including phenoxy) is 1. The normalized spacial score (nSPS) is 14.0. The van der Waals surface area contributed by atoms with E-state index in [9.17, 15) is 9.18 Å². The summed E-state index contributed by atoms with van der Waals surface area (Å²) >= 11 is 0. The van der Waals surface area contributed by atoms with E-state index in [1.807, 2.05) is 30.5 Å². The summed E-state index contributed by atoms with van der Waals surface area (Å²) in [5.41, 5.74) is 3.42. The number of nitrogens with zero attached hydrogens (tertiary/aromatic N) is 3. The molecule has 32 heavy (non-hydrogen) atoms. The third kappa shape index (κ3) is 4.21. The van der Waals surface area contributed by atoms with Crippen molar-refractivity contribution in [2.75, 3.05) is 4.90 Å². The molecule has 1 fully saturated rings. The maximum absolute atomic E-state index is 13.3. The highest BCUT2D eigenvalue weighted by Gasteiger charge is 2.25. The quantitative estimate of drug-likeness (QED) is 0.367. The van der Waals surface area contributed by atoms with E-state index in [0.29, 0.717) is 12.2 Å². The Morgan fingerprint density at radius 1 is 1.00 bits per heavy atom. The van der Waals surface area contributed by atoms with Crippen LogP contribution in [0.15, 0.2) is 79.3 Å². The lowest BCUT2D eigenvalue weighted by Crippen LogP contribution is -2.30. The maximum atomic E-state index is 13.3. The van der Waals surface area contributed by atoms with E-state index in [1.54, 1.807) is 41.6 Å². The number of hydrogen-bond acceptors (Lipinski definition) is 3. The van der Waals surface area contributed by atoms with E-state index < -0.39 is 0 Å². The lowest BCUT2D eigenvalue weighted by atomic mass is 10.2. The molecule has 0 saturated heterocycles. The molecule has 6 heteroatoms. The summed E-state index contributed by atoms with van der Waals surface area (Å²) in [7, 11) is 0. The summed E-state index contributed by atoms with van der Waals surface area (Å²) in [6.45, 7) is 0.606. The summed E-state index contributed by atoms with van der Waals surface area (Å²) < 4.78 is 21.2. The minimum absolute atomic E-state index is 0.0297. The van der Waals surface area contributed by atoms with Gasteiger partial charge in [-0.15, -0.1) is 0 Å². The molecule has 1 saturated carbocycles. The zero-order valence-electron chi connectivity index (χ0n) is 17.7. The average Bonchev–Trinajstić information content (AvgIpc) is 3.46. The minimum atomic E-state index is -0.376. The number of aromatic nitrogens is 2. The Bertz CT molecular complexity index is 1220. The summed E-state index contributed by atoms with van der Waals surface area (Å²) in [5, 5.41) is 1.06. The van der Waals surface area contributed by atoms with Gasteiger partial charge in [-0.05, 0) is 79.1 Å². The predicted molar refractivity (Wildman–Crippen MR) is 123 cm³/mol. The number of halogens is 1. The Kier molecular flexibility index (Phi) is 5.58. The lowest BCUT2D eigenvalue weighted by molar-refractivity contribution is 0.110. The number of amides is 1. The first kappa shape index (κ1) is 20.2. The average molecular weight is 429 g/mol. The van der Waals surface area contributed by atoms with Gasteiger partial charge >= 0.3 is 6.09 Å². The lowest BCUT2D eigenvalue weighted by Gasteiger charge is -2.24. The van der Waals surface area contributed by atoms with Gasteiger partial charge in [-0.1, -0.05) is 18.2 Å². The highest BCUT2D eigenvalue weighted by molar-refractivity contribution is 5.98. The maximum Gasteiger partial charge on any atom is 0.419 e. The number of fused-ring (bicyclic) bond motifs is 1. The Morgan fingerprint density at radius 2 is 1.75 bits per heavy atom. The van der Waals surface area contributed by atoms with Crippen molar-refractivity contribution in [1.82, 2.24) is 9.55 Å². The van der Waals surface area contributed by atoms with Gasteiger partial charge < -0.3 is 9.30 Å². The van der Waals surface area contributed by atoms with Gasteiger partial charge in [0.2, 0.25) is 0 Å². The van der Waals surface area contributed by atoms with Crippen molar-refractivity contribution in [1.29, 1.82) is 0 Å². The molecule has 0 radical (unpaired) electrons. The van der Waals surface area contributed by atoms with Gasteiger partial charge in [0.05, 0.1) is 16.9 Å². The van der Waals surface area contributed by atoms with Gasteiger partial charge in [0, 0.05) is 25.1 Å². The molecule has 0 spiro atoms. The number of hydrogen-bond donors (Lipinski definition) is 0. The fraction of sp³-hybridized carbons (Fsp3) is 0.231. The van der Waals surface area contributed by atoms with Gasteiger partial charge in [-0.3, -0.25) is 4.98 Å². The number of carbonyl (C=O) groups is 1. The van der Waals surface area contributed by atoms with E-state index in [-0.39, 0.29) is 18.0 Å². The third-order valence-corrected chi connectivity index (χ3v) is 5.96. The number of anilines is 2. The molecule has 0 bridgehead atoms. The van der Waals surface area contributed by atoms with Crippen LogP contribution in [0.4, 0.5) is 20.6 Å². The Hall–Kier alpha value is -3.67. The molecule has 5 nitrogen and oxygen atoms in total. The molecule has 2 aromatic heterocycles. The number of rotatable bonds is 5. The van der Waals surface area contributed by atoms with Crippen molar-refractivity contribution in [2.45, 2.75) is 38.3 Å². The van der Waals surface area contributed by atoms with Crippen LogP contribution in [-0.2, 0) is 11.3 Å². The molecule has 1 aliphatic rings. The van der Waals surface area contributed by atoms with Gasteiger partial charge in [-0.25, -0.2) is 14.1 Å². The zero-order valence-corrected chi connectivity index (χ0v) is 17.7.